The minimum absolute atomic E-state index is 0.335. The standard InChI is InChI=1S/C7H8N2O3S/c1-12-4-2-3-13-5(4)6(10)9-7(8)11/h2-3H,1H3,(H3,8,9,10,11). The van der Waals surface area contributed by atoms with E-state index in [1.54, 1.807) is 11.4 Å². The van der Waals surface area contributed by atoms with Gasteiger partial charge in [0.1, 0.15) is 10.6 Å². The zero-order valence-electron chi connectivity index (χ0n) is 6.87. The Balaban J connectivity index is 2.82. The van der Waals surface area contributed by atoms with Crippen LogP contribution < -0.4 is 15.8 Å². The Hall–Kier alpha value is -1.56. The van der Waals surface area contributed by atoms with Crippen LogP contribution in [0.1, 0.15) is 9.67 Å². The second kappa shape index (κ2) is 3.90. The van der Waals surface area contributed by atoms with Crippen LogP contribution in [0.3, 0.4) is 0 Å². The van der Waals surface area contributed by atoms with E-state index in [1.165, 1.54) is 18.4 Å². The van der Waals surface area contributed by atoms with E-state index in [9.17, 15) is 9.59 Å². The van der Waals surface area contributed by atoms with Crippen molar-refractivity contribution in [1.29, 1.82) is 0 Å². The lowest BCUT2D eigenvalue weighted by Gasteiger charge is -2.00. The number of imide groups is 1. The summed E-state index contributed by atoms with van der Waals surface area (Å²) in [6.07, 6.45) is 0. The van der Waals surface area contributed by atoms with Crippen molar-refractivity contribution in [3.63, 3.8) is 0 Å². The van der Waals surface area contributed by atoms with Gasteiger partial charge in [0.2, 0.25) is 0 Å². The summed E-state index contributed by atoms with van der Waals surface area (Å²) in [5.41, 5.74) is 4.78. The number of hydrogen-bond donors (Lipinski definition) is 2. The fourth-order valence-corrected chi connectivity index (χ4v) is 1.55. The van der Waals surface area contributed by atoms with Crippen LogP contribution in [-0.2, 0) is 0 Å². The van der Waals surface area contributed by atoms with Crippen molar-refractivity contribution in [1.82, 2.24) is 5.32 Å². The van der Waals surface area contributed by atoms with E-state index in [2.05, 4.69) is 0 Å². The molecule has 0 fully saturated rings. The van der Waals surface area contributed by atoms with Gasteiger partial charge in [0.25, 0.3) is 5.91 Å². The van der Waals surface area contributed by atoms with E-state index in [0.717, 1.165) is 0 Å². The molecule has 1 aromatic rings. The number of rotatable bonds is 2. The molecule has 3 amide bonds. The molecule has 0 aliphatic rings. The Bertz CT molecular complexity index is 334. The summed E-state index contributed by atoms with van der Waals surface area (Å²) in [5.74, 6) is -0.108. The smallest absolute Gasteiger partial charge is 0.319 e. The van der Waals surface area contributed by atoms with E-state index in [1.807, 2.05) is 5.32 Å². The topological polar surface area (TPSA) is 81.4 Å². The SMILES string of the molecule is COc1ccsc1C(=O)NC(N)=O. The van der Waals surface area contributed by atoms with E-state index in [0.29, 0.717) is 10.6 Å². The molecule has 0 aliphatic heterocycles. The van der Waals surface area contributed by atoms with Crippen molar-refractivity contribution in [3.05, 3.63) is 16.3 Å². The van der Waals surface area contributed by atoms with E-state index in [4.69, 9.17) is 10.5 Å². The van der Waals surface area contributed by atoms with Gasteiger partial charge in [0.05, 0.1) is 7.11 Å². The summed E-state index contributed by atoms with van der Waals surface area (Å²) in [7, 11) is 1.45. The molecule has 0 atom stereocenters. The fraction of sp³-hybridized carbons (Fsp3) is 0.143. The summed E-state index contributed by atoms with van der Waals surface area (Å²) < 4.78 is 4.89. The molecule has 1 heterocycles. The predicted octanol–water partition coefficient (Wildman–Crippen LogP) is 0.565. The number of nitrogens with one attached hydrogen (secondary N) is 1. The molecule has 0 radical (unpaired) electrons. The Morgan fingerprint density at radius 3 is 2.85 bits per heavy atom. The third-order valence-corrected chi connectivity index (χ3v) is 2.19. The second-order valence-corrected chi connectivity index (χ2v) is 3.05. The largest absolute Gasteiger partial charge is 0.495 e. The average Bonchev–Trinajstić information content (AvgIpc) is 2.49. The number of urea groups is 1. The molecule has 5 nitrogen and oxygen atoms in total. The predicted molar refractivity (Wildman–Crippen MR) is 47.9 cm³/mol. The Morgan fingerprint density at radius 1 is 1.62 bits per heavy atom. The molecule has 70 valence electrons. The van der Waals surface area contributed by atoms with Crippen molar-refractivity contribution in [3.8, 4) is 5.75 Å². The zero-order chi connectivity index (χ0) is 9.84. The van der Waals surface area contributed by atoms with Gasteiger partial charge < -0.3 is 10.5 Å². The number of thiophene rings is 1. The molecular formula is C7H8N2O3S. The van der Waals surface area contributed by atoms with Crippen molar-refractivity contribution in [2.24, 2.45) is 5.73 Å². The number of amides is 3. The molecule has 0 saturated heterocycles. The first kappa shape index (κ1) is 9.53. The molecule has 0 spiro atoms. The number of carbonyl (C=O) groups is 2. The van der Waals surface area contributed by atoms with Crippen molar-refractivity contribution >= 4 is 23.3 Å². The van der Waals surface area contributed by atoms with Crippen molar-refractivity contribution in [2.45, 2.75) is 0 Å². The molecule has 3 N–H and O–H groups in total. The number of nitrogens with two attached hydrogens (primary N) is 1. The molecule has 0 unspecified atom stereocenters. The Labute approximate surface area is 78.5 Å². The molecule has 0 aromatic carbocycles. The highest BCUT2D eigenvalue weighted by Gasteiger charge is 2.14. The lowest BCUT2D eigenvalue weighted by Crippen LogP contribution is -2.34. The summed E-state index contributed by atoms with van der Waals surface area (Å²) in [5, 5.41) is 3.64. The molecule has 1 aromatic heterocycles. The lowest BCUT2D eigenvalue weighted by molar-refractivity contribution is 0.0967. The van der Waals surface area contributed by atoms with Crippen LogP contribution in [0.2, 0.25) is 0 Å². The monoisotopic (exact) mass is 200 g/mol. The van der Waals surface area contributed by atoms with Gasteiger partial charge in [0.15, 0.2) is 0 Å². The molecule has 0 saturated carbocycles. The third-order valence-electron chi connectivity index (χ3n) is 1.29. The van der Waals surface area contributed by atoms with Gasteiger partial charge in [-0.3, -0.25) is 10.1 Å². The quantitative estimate of drug-likeness (QED) is 0.732. The van der Waals surface area contributed by atoms with Gasteiger partial charge in [-0.25, -0.2) is 4.79 Å². The maximum Gasteiger partial charge on any atom is 0.319 e. The van der Waals surface area contributed by atoms with Crippen molar-refractivity contribution < 1.29 is 14.3 Å². The Morgan fingerprint density at radius 2 is 2.31 bits per heavy atom. The number of hydrogen-bond acceptors (Lipinski definition) is 4. The third kappa shape index (κ3) is 2.19. The average molecular weight is 200 g/mol. The maximum atomic E-state index is 11.2. The number of methoxy groups -OCH3 is 1. The minimum Gasteiger partial charge on any atom is -0.495 e. The first-order valence-electron chi connectivity index (χ1n) is 3.37. The summed E-state index contributed by atoms with van der Waals surface area (Å²) in [4.78, 5) is 21.9. The first-order valence-corrected chi connectivity index (χ1v) is 4.25. The van der Waals surface area contributed by atoms with E-state index in [-0.39, 0.29) is 0 Å². The number of primary amides is 1. The van der Waals surface area contributed by atoms with E-state index < -0.39 is 11.9 Å². The van der Waals surface area contributed by atoms with Gasteiger partial charge in [-0.2, -0.15) is 0 Å². The second-order valence-electron chi connectivity index (χ2n) is 2.14. The van der Waals surface area contributed by atoms with Gasteiger partial charge >= 0.3 is 6.03 Å². The summed E-state index contributed by atoms with van der Waals surface area (Å²) >= 11 is 1.18. The van der Waals surface area contributed by atoms with Crippen LogP contribution in [0, 0.1) is 0 Å². The molecular weight excluding hydrogens is 192 g/mol. The van der Waals surface area contributed by atoms with Crippen LogP contribution in [0.4, 0.5) is 4.79 Å². The summed E-state index contributed by atoms with van der Waals surface area (Å²) in [6.45, 7) is 0. The lowest BCUT2D eigenvalue weighted by atomic mass is 10.4. The normalized spacial score (nSPS) is 9.31. The first-order chi connectivity index (χ1) is 6.15. The van der Waals surface area contributed by atoms with Gasteiger partial charge in [0, 0.05) is 0 Å². The number of carbonyl (C=O) groups excluding carboxylic acids is 2. The van der Waals surface area contributed by atoms with Gasteiger partial charge in [-0.1, -0.05) is 0 Å². The number of ether oxygens (including phenoxy) is 1. The van der Waals surface area contributed by atoms with Crippen LogP contribution in [-0.4, -0.2) is 19.0 Å². The molecule has 1 rings (SSSR count). The highest BCUT2D eigenvalue weighted by Crippen LogP contribution is 2.23. The minimum atomic E-state index is -0.875. The highest BCUT2D eigenvalue weighted by molar-refractivity contribution is 7.12. The van der Waals surface area contributed by atoms with Crippen molar-refractivity contribution in [2.75, 3.05) is 7.11 Å². The van der Waals surface area contributed by atoms with Crippen LogP contribution >= 0.6 is 11.3 Å². The molecule has 0 aliphatic carbocycles. The summed E-state index contributed by atoms with van der Waals surface area (Å²) in [6, 6.07) is 0.765. The molecule has 13 heavy (non-hydrogen) atoms. The fourth-order valence-electron chi connectivity index (χ4n) is 0.792. The van der Waals surface area contributed by atoms with Gasteiger partial charge in [-0.05, 0) is 11.4 Å². The van der Waals surface area contributed by atoms with Gasteiger partial charge in [-0.15, -0.1) is 11.3 Å². The van der Waals surface area contributed by atoms with E-state index >= 15 is 0 Å². The Kier molecular flexibility index (Phi) is 2.86. The zero-order valence-corrected chi connectivity index (χ0v) is 7.68. The van der Waals surface area contributed by atoms with Crippen LogP contribution in [0.5, 0.6) is 5.75 Å². The highest BCUT2D eigenvalue weighted by atomic mass is 32.1. The maximum absolute atomic E-state index is 11.2. The molecule has 0 bridgehead atoms. The van der Waals surface area contributed by atoms with Crippen LogP contribution in [0.15, 0.2) is 11.4 Å². The molecule has 6 heteroatoms. The van der Waals surface area contributed by atoms with Crippen LogP contribution in [0.25, 0.3) is 0 Å².